The minimum absolute atomic E-state index is 0.222. The Hall–Kier alpha value is -2.36. The predicted molar refractivity (Wildman–Crippen MR) is 74.0 cm³/mol. The van der Waals surface area contributed by atoms with E-state index in [-0.39, 0.29) is 5.56 Å². The van der Waals surface area contributed by atoms with Gasteiger partial charge in [-0.25, -0.2) is 4.39 Å². The fraction of sp³-hybridized carbons (Fsp3) is 0.188. The molecule has 0 aliphatic rings. The van der Waals surface area contributed by atoms with E-state index in [1.54, 1.807) is 7.11 Å². The summed E-state index contributed by atoms with van der Waals surface area (Å²) in [5, 5.41) is 0. The molecule has 104 valence electrons. The summed E-state index contributed by atoms with van der Waals surface area (Å²) in [5.41, 5.74) is 1.32. The van der Waals surface area contributed by atoms with Crippen LogP contribution < -0.4 is 9.47 Å². The van der Waals surface area contributed by atoms with Gasteiger partial charge in [-0.15, -0.1) is 0 Å². The van der Waals surface area contributed by atoms with Crippen molar-refractivity contribution < 1.29 is 18.7 Å². The Kier molecular flexibility index (Phi) is 4.71. The topological polar surface area (TPSA) is 35.5 Å². The van der Waals surface area contributed by atoms with Crippen LogP contribution in [-0.4, -0.2) is 20.0 Å². The molecule has 0 unspecified atom stereocenters. The van der Waals surface area contributed by atoms with Gasteiger partial charge in [-0.2, -0.15) is 0 Å². The van der Waals surface area contributed by atoms with Crippen molar-refractivity contribution in [2.45, 2.75) is 6.42 Å². The van der Waals surface area contributed by atoms with Crippen LogP contribution in [0.3, 0.4) is 0 Å². The molecular formula is C16H15FO3. The zero-order valence-corrected chi connectivity index (χ0v) is 11.1. The summed E-state index contributed by atoms with van der Waals surface area (Å²) in [7, 11) is 1.62. The number of hydrogen-bond acceptors (Lipinski definition) is 3. The second kappa shape index (κ2) is 6.70. The number of halogens is 1. The summed E-state index contributed by atoms with van der Waals surface area (Å²) >= 11 is 0. The molecule has 0 aromatic heterocycles. The van der Waals surface area contributed by atoms with Gasteiger partial charge in [0.05, 0.1) is 19.3 Å². The highest BCUT2D eigenvalue weighted by Crippen LogP contribution is 2.18. The van der Waals surface area contributed by atoms with E-state index in [1.165, 1.54) is 12.1 Å². The minimum atomic E-state index is -0.449. The second-order valence-corrected chi connectivity index (χ2v) is 4.25. The minimum Gasteiger partial charge on any atom is -0.497 e. The molecule has 2 aromatic rings. The Labute approximate surface area is 117 Å². The molecule has 0 atom stereocenters. The highest BCUT2D eigenvalue weighted by molar-refractivity contribution is 5.79. The van der Waals surface area contributed by atoms with Crippen molar-refractivity contribution in [3.63, 3.8) is 0 Å². The molecule has 0 N–H and O–H groups in total. The lowest BCUT2D eigenvalue weighted by Gasteiger charge is -2.09. The average molecular weight is 274 g/mol. The lowest BCUT2D eigenvalue weighted by Crippen LogP contribution is -2.03. The Bertz CT molecular complexity index is 579. The third-order valence-corrected chi connectivity index (χ3v) is 2.91. The summed E-state index contributed by atoms with van der Waals surface area (Å²) < 4.78 is 23.6. The van der Waals surface area contributed by atoms with Gasteiger partial charge >= 0.3 is 0 Å². The molecule has 0 bridgehead atoms. The van der Waals surface area contributed by atoms with Crippen LogP contribution in [0.15, 0.2) is 42.5 Å². The summed E-state index contributed by atoms with van der Waals surface area (Å²) in [4.78, 5) is 10.8. The van der Waals surface area contributed by atoms with Gasteiger partial charge < -0.3 is 9.47 Å². The van der Waals surface area contributed by atoms with Crippen LogP contribution in [0.5, 0.6) is 11.5 Å². The van der Waals surface area contributed by atoms with E-state index in [2.05, 4.69) is 0 Å². The molecule has 0 fully saturated rings. The molecule has 0 radical (unpaired) electrons. The fourth-order valence-corrected chi connectivity index (χ4v) is 1.81. The highest BCUT2D eigenvalue weighted by Gasteiger charge is 2.04. The summed E-state index contributed by atoms with van der Waals surface area (Å²) in [5.74, 6) is 0.751. The molecule has 0 heterocycles. The molecular weight excluding hydrogens is 259 g/mol. The number of methoxy groups -OCH3 is 1. The number of carbonyl (C=O) groups is 1. The number of hydrogen-bond donors (Lipinski definition) is 0. The monoisotopic (exact) mass is 274 g/mol. The van der Waals surface area contributed by atoms with E-state index in [4.69, 9.17) is 9.47 Å². The molecule has 3 nitrogen and oxygen atoms in total. The van der Waals surface area contributed by atoms with Gasteiger partial charge in [0, 0.05) is 6.42 Å². The van der Waals surface area contributed by atoms with Crippen LogP contribution in [0.1, 0.15) is 15.9 Å². The maximum Gasteiger partial charge on any atom is 0.153 e. The zero-order chi connectivity index (χ0) is 14.4. The van der Waals surface area contributed by atoms with E-state index in [0.29, 0.717) is 25.1 Å². The van der Waals surface area contributed by atoms with Gasteiger partial charge in [-0.3, -0.25) is 4.79 Å². The van der Waals surface area contributed by atoms with Crippen LogP contribution in [-0.2, 0) is 6.42 Å². The molecule has 0 saturated heterocycles. The fourth-order valence-electron chi connectivity index (χ4n) is 1.81. The van der Waals surface area contributed by atoms with Crippen LogP contribution in [0.2, 0.25) is 0 Å². The predicted octanol–water partition coefficient (Wildman–Crippen LogP) is 3.27. The van der Waals surface area contributed by atoms with Crippen molar-refractivity contribution in [2.24, 2.45) is 0 Å². The number of carbonyl (C=O) groups excluding carboxylic acids is 1. The number of aldehydes is 1. The van der Waals surface area contributed by atoms with E-state index in [1.807, 2.05) is 24.3 Å². The van der Waals surface area contributed by atoms with E-state index in [0.717, 1.165) is 17.4 Å². The van der Waals surface area contributed by atoms with Gasteiger partial charge in [0.25, 0.3) is 0 Å². The Morgan fingerprint density at radius 1 is 1.15 bits per heavy atom. The summed E-state index contributed by atoms with van der Waals surface area (Å²) in [6, 6.07) is 11.6. The van der Waals surface area contributed by atoms with Crippen molar-refractivity contribution in [2.75, 3.05) is 13.7 Å². The highest BCUT2D eigenvalue weighted by atomic mass is 19.1. The number of benzene rings is 2. The first-order valence-corrected chi connectivity index (χ1v) is 6.23. The second-order valence-electron chi connectivity index (χ2n) is 4.25. The van der Waals surface area contributed by atoms with Gasteiger partial charge in [-0.05, 0) is 35.9 Å². The first-order valence-electron chi connectivity index (χ1n) is 6.23. The van der Waals surface area contributed by atoms with Crippen LogP contribution in [0.25, 0.3) is 0 Å². The van der Waals surface area contributed by atoms with Gasteiger partial charge in [0.1, 0.15) is 17.3 Å². The van der Waals surface area contributed by atoms with Crippen LogP contribution in [0.4, 0.5) is 4.39 Å². The molecule has 0 aliphatic heterocycles. The Morgan fingerprint density at radius 3 is 2.55 bits per heavy atom. The van der Waals surface area contributed by atoms with Gasteiger partial charge in [0.2, 0.25) is 0 Å². The maximum atomic E-state index is 13.0. The quantitative estimate of drug-likeness (QED) is 0.758. The molecule has 0 spiro atoms. The lowest BCUT2D eigenvalue weighted by atomic mass is 10.1. The zero-order valence-electron chi connectivity index (χ0n) is 11.1. The van der Waals surface area contributed by atoms with Crippen LogP contribution >= 0.6 is 0 Å². The van der Waals surface area contributed by atoms with Crippen molar-refractivity contribution in [3.8, 4) is 11.5 Å². The SMILES string of the molecule is COc1ccc(CCOc2ccc(F)cc2C=O)cc1. The molecule has 4 heteroatoms. The third-order valence-electron chi connectivity index (χ3n) is 2.91. The molecule has 2 aromatic carbocycles. The average Bonchev–Trinajstić information content (AvgIpc) is 2.49. The molecule has 0 saturated carbocycles. The Balaban J connectivity index is 1.93. The summed E-state index contributed by atoms with van der Waals surface area (Å²) in [6.07, 6.45) is 1.28. The smallest absolute Gasteiger partial charge is 0.153 e. The first kappa shape index (κ1) is 14.1. The van der Waals surface area contributed by atoms with E-state index < -0.39 is 5.82 Å². The largest absolute Gasteiger partial charge is 0.497 e. The van der Waals surface area contributed by atoms with Crippen LogP contribution in [0, 0.1) is 5.82 Å². The Morgan fingerprint density at radius 2 is 1.90 bits per heavy atom. The summed E-state index contributed by atoms with van der Waals surface area (Å²) in [6.45, 7) is 0.415. The standard InChI is InChI=1S/C16H15FO3/c1-19-15-5-2-12(3-6-15)8-9-20-16-7-4-14(17)10-13(16)11-18/h2-7,10-11H,8-9H2,1H3. The van der Waals surface area contributed by atoms with Crippen molar-refractivity contribution in [3.05, 3.63) is 59.4 Å². The molecule has 0 aliphatic carbocycles. The lowest BCUT2D eigenvalue weighted by molar-refractivity contribution is 0.111. The van der Waals surface area contributed by atoms with Gasteiger partial charge in [0.15, 0.2) is 6.29 Å². The van der Waals surface area contributed by atoms with E-state index >= 15 is 0 Å². The third kappa shape index (κ3) is 3.57. The number of ether oxygens (including phenoxy) is 2. The van der Waals surface area contributed by atoms with Crippen molar-refractivity contribution in [1.82, 2.24) is 0 Å². The van der Waals surface area contributed by atoms with Gasteiger partial charge in [-0.1, -0.05) is 12.1 Å². The molecule has 0 amide bonds. The van der Waals surface area contributed by atoms with Crippen molar-refractivity contribution in [1.29, 1.82) is 0 Å². The molecule has 20 heavy (non-hydrogen) atoms. The van der Waals surface area contributed by atoms with E-state index in [9.17, 15) is 9.18 Å². The maximum absolute atomic E-state index is 13.0. The first-order chi connectivity index (χ1) is 9.72. The normalized spacial score (nSPS) is 10.1. The molecule has 2 rings (SSSR count). The number of rotatable bonds is 6. The van der Waals surface area contributed by atoms with Crippen molar-refractivity contribution >= 4 is 6.29 Å².